The standard InChI is InChI=1S/C63H95N21O6/c1-43(85)71-54(61(87)88)17-18-58(86)82-32-21-47(22-33-82)73-59-51-15-6-7-16-53(51)74-62(76-59)69-38-49-40-83(80-78-49)31-10-24-64-23-9-25-67-48-14-8-11-44(35-48)42-90-57-37-55-52(36-56(57)89-2)60(72-46-19-26-65-27-20-46)77-63(75-55)70-39-50-41-84(81-79-50)34-30-66-28-29-68-45-12-4-3-5-13-45/h6-7,15-16,36-37,40-41,44-48,54,64-68H,3-5,8-14,17-35,38-39,42H2,1-2H3,(H,71,85)(H,87,88)(H2,69,73,74,76)(H2,70,72,75,77)/t44?,48?,54-/m0/s1. The number of carboxylic acid groups (broad SMARTS) is 1. The lowest BCUT2D eigenvalue weighted by Gasteiger charge is -2.33. The predicted octanol–water partition coefficient (Wildman–Crippen LogP) is 5.03. The van der Waals surface area contributed by atoms with Gasteiger partial charge in [0.05, 0.1) is 56.8 Å². The van der Waals surface area contributed by atoms with Gasteiger partial charge in [-0.25, -0.2) is 14.8 Å². The lowest BCUT2D eigenvalue weighted by Crippen LogP contribution is -2.44. The maximum Gasteiger partial charge on any atom is 0.326 e. The van der Waals surface area contributed by atoms with Gasteiger partial charge in [0.2, 0.25) is 23.7 Å². The number of carbonyl (C=O) groups excluding carboxylic acids is 2. The Kier molecular flexibility index (Phi) is 24.7. The van der Waals surface area contributed by atoms with Crippen LogP contribution in [-0.2, 0) is 40.6 Å². The van der Waals surface area contributed by atoms with Crippen LogP contribution in [0.2, 0.25) is 0 Å². The number of para-hydroxylation sites is 1. The summed E-state index contributed by atoms with van der Waals surface area (Å²) in [5.41, 5.74) is 3.17. The maximum absolute atomic E-state index is 13.0. The number of piperidine rings is 2. The average molecular weight is 1240 g/mol. The summed E-state index contributed by atoms with van der Waals surface area (Å²) in [5, 5.41) is 63.5. The van der Waals surface area contributed by atoms with Crippen LogP contribution in [0.25, 0.3) is 21.8 Å². The molecule has 4 aromatic heterocycles. The Morgan fingerprint density at radius 1 is 0.667 bits per heavy atom. The maximum atomic E-state index is 13.0. The summed E-state index contributed by atoms with van der Waals surface area (Å²) < 4.78 is 16.3. The fraction of sp³-hybridized carbons (Fsp3) is 0.635. The topological polar surface area (TPSA) is 326 Å². The van der Waals surface area contributed by atoms with Crippen molar-refractivity contribution in [3.8, 4) is 11.5 Å². The van der Waals surface area contributed by atoms with Crippen molar-refractivity contribution in [1.82, 2.24) is 86.7 Å². The number of carboxylic acids is 1. The van der Waals surface area contributed by atoms with Gasteiger partial charge in [-0.3, -0.25) is 19.0 Å². The van der Waals surface area contributed by atoms with E-state index in [4.69, 9.17) is 29.4 Å². The Morgan fingerprint density at radius 3 is 2.07 bits per heavy atom. The summed E-state index contributed by atoms with van der Waals surface area (Å²) in [6.07, 6.45) is 20.5. The molecule has 3 atom stereocenters. The molecule has 0 bridgehead atoms. The number of aliphatic carboxylic acids is 1. The molecule has 27 heteroatoms. The fourth-order valence-corrected chi connectivity index (χ4v) is 12.7. The number of likely N-dealkylation sites (tertiary alicyclic amines) is 1. The minimum atomic E-state index is -1.15. The SMILES string of the molecule is COc1cc2c(NC3CCNCC3)nc(NCc3cn(CCNCCNC4CCCCC4)nn3)nc2cc1OCC1CCCC(NCCCNCCCn2cc(CNc3nc(NC4CCN(C(=O)CC[C@H](NC(C)=O)C(=O)O)CC4)c4ccccc4n3)nn2)C1. The van der Waals surface area contributed by atoms with Gasteiger partial charge in [-0.1, -0.05) is 48.2 Å². The molecule has 2 aromatic carbocycles. The van der Waals surface area contributed by atoms with Gasteiger partial charge in [-0.05, 0) is 134 Å². The van der Waals surface area contributed by atoms with E-state index in [1.807, 2.05) is 58.2 Å². The quantitative estimate of drug-likeness (QED) is 0.0232. The van der Waals surface area contributed by atoms with Crippen LogP contribution in [0.4, 0.5) is 23.5 Å². The molecule has 6 aromatic rings. The van der Waals surface area contributed by atoms with Crippen LogP contribution in [0, 0.1) is 5.92 Å². The average Bonchev–Trinajstić information content (AvgIpc) is 1.00. The van der Waals surface area contributed by atoms with Crippen LogP contribution in [0.3, 0.4) is 0 Å². The molecule has 27 nitrogen and oxygen atoms in total. The Labute approximate surface area is 527 Å². The van der Waals surface area contributed by atoms with Gasteiger partial charge in [0, 0.05) is 93.6 Å². The summed E-state index contributed by atoms with van der Waals surface area (Å²) in [6, 6.07) is 12.3. The van der Waals surface area contributed by atoms with Gasteiger partial charge in [0.15, 0.2) is 11.5 Å². The third-order valence-corrected chi connectivity index (χ3v) is 17.6. The van der Waals surface area contributed by atoms with Crippen LogP contribution in [0.15, 0.2) is 48.8 Å². The third-order valence-electron chi connectivity index (χ3n) is 17.6. The predicted molar refractivity (Wildman–Crippen MR) is 347 cm³/mol. The molecule has 0 radical (unpaired) electrons. The molecule has 6 heterocycles. The molecule has 2 unspecified atom stereocenters. The van der Waals surface area contributed by atoms with E-state index in [1.54, 1.807) is 12.0 Å². The first-order chi connectivity index (χ1) is 44.1. The van der Waals surface area contributed by atoms with Crippen molar-refractivity contribution in [2.45, 2.75) is 172 Å². The van der Waals surface area contributed by atoms with Crippen LogP contribution in [0.5, 0.6) is 11.5 Å². The highest BCUT2D eigenvalue weighted by Gasteiger charge is 2.28. The zero-order chi connectivity index (χ0) is 62.3. The molecule has 11 N–H and O–H groups in total. The highest BCUT2D eigenvalue weighted by atomic mass is 16.5. The summed E-state index contributed by atoms with van der Waals surface area (Å²) in [6.45, 7) is 12.7. The summed E-state index contributed by atoms with van der Waals surface area (Å²) in [4.78, 5) is 57.3. The van der Waals surface area contributed by atoms with E-state index in [-0.39, 0.29) is 30.8 Å². The summed E-state index contributed by atoms with van der Waals surface area (Å²) in [7, 11) is 1.69. The molecular formula is C63H95N21O6. The second kappa shape index (κ2) is 34.0. The number of nitrogens with one attached hydrogen (secondary N) is 10. The van der Waals surface area contributed by atoms with Crippen LogP contribution >= 0.6 is 0 Å². The molecule has 2 saturated heterocycles. The smallest absolute Gasteiger partial charge is 0.326 e. The number of methoxy groups -OCH3 is 1. The van der Waals surface area contributed by atoms with Crippen LogP contribution in [-0.4, -0.2) is 187 Å². The number of benzene rings is 2. The number of carbonyl (C=O) groups is 3. The first kappa shape index (κ1) is 65.4. The molecular weight excluding hydrogens is 1150 g/mol. The van der Waals surface area contributed by atoms with Gasteiger partial charge in [0.1, 0.15) is 29.1 Å². The number of rotatable bonds is 35. The number of aromatic nitrogens is 10. The lowest BCUT2D eigenvalue weighted by molar-refractivity contribution is -0.142. The molecule has 2 aliphatic carbocycles. The Morgan fingerprint density at radius 2 is 1.33 bits per heavy atom. The van der Waals surface area contributed by atoms with Crippen molar-refractivity contribution in [3.05, 3.63) is 60.2 Å². The van der Waals surface area contributed by atoms with Crippen molar-refractivity contribution in [1.29, 1.82) is 0 Å². The third kappa shape index (κ3) is 20.0. The summed E-state index contributed by atoms with van der Waals surface area (Å²) >= 11 is 0. The van der Waals surface area contributed by atoms with E-state index in [2.05, 4.69) is 73.8 Å². The Hall–Kier alpha value is -7.59. The highest BCUT2D eigenvalue weighted by molar-refractivity contribution is 5.93. The highest BCUT2D eigenvalue weighted by Crippen LogP contribution is 2.37. The van der Waals surface area contributed by atoms with Gasteiger partial charge in [-0.2, -0.15) is 9.97 Å². The van der Waals surface area contributed by atoms with Gasteiger partial charge >= 0.3 is 5.97 Å². The number of amides is 2. The zero-order valence-electron chi connectivity index (χ0n) is 52.6. The molecule has 2 saturated carbocycles. The van der Waals surface area contributed by atoms with Crippen molar-refractivity contribution >= 4 is 63.1 Å². The molecule has 4 fully saturated rings. The van der Waals surface area contributed by atoms with E-state index in [1.165, 1.54) is 39.0 Å². The van der Waals surface area contributed by atoms with Crippen molar-refractivity contribution in [2.24, 2.45) is 5.92 Å². The molecule has 488 valence electrons. The van der Waals surface area contributed by atoms with Crippen molar-refractivity contribution in [2.75, 3.05) is 100 Å². The number of hydrogen-bond donors (Lipinski definition) is 11. The van der Waals surface area contributed by atoms with Crippen molar-refractivity contribution < 1.29 is 29.0 Å². The van der Waals surface area contributed by atoms with E-state index in [0.717, 1.165) is 156 Å². The summed E-state index contributed by atoms with van der Waals surface area (Å²) in [5.74, 6) is 2.52. The number of aryl methyl sites for hydroxylation is 1. The van der Waals surface area contributed by atoms with Gasteiger partial charge in [-0.15, -0.1) is 10.2 Å². The van der Waals surface area contributed by atoms with E-state index >= 15 is 0 Å². The molecule has 4 aliphatic rings. The van der Waals surface area contributed by atoms with Crippen molar-refractivity contribution in [3.63, 3.8) is 0 Å². The normalized spacial score (nSPS) is 18.1. The van der Waals surface area contributed by atoms with Crippen LogP contribution in [0.1, 0.15) is 127 Å². The number of ether oxygens (including phenoxy) is 2. The zero-order valence-corrected chi connectivity index (χ0v) is 52.6. The molecule has 90 heavy (non-hydrogen) atoms. The fourth-order valence-electron chi connectivity index (χ4n) is 12.7. The Balaban J connectivity index is 0.619. The van der Waals surface area contributed by atoms with E-state index < -0.39 is 17.9 Å². The minimum absolute atomic E-state index is 0.0414. The van der Waals surface area contributed by atoms with Gasteiger partial charge < -0.3 is 72.6 Å². The molecule has 10 rings (SSSR count). The monoisotopic (exact) mass is 1240 g/mol. The molecule has 2 aliphatic heterocycles. The first-order valence-electron chi connectivity index (χ1n) is 33.0. The van der Waals surface area contributed by atoms with Crippen LogP contribution < -0.4 is 62.6 Å². The number of fused-ring (bicyclic) bond motifs is 2. The number of nitrogens with zero attached hydrogens (tertiary/aromatic N) is 11. The Bertz CT molecular complexity index is 3220. The van der Waals surface area contributed by atoms with E-state index in [0.29, 0.717) is 92.8 Å². The first-order valence-corrected chi connectivity index (χ1v) is 33.0. The minimum Gasteiger partial charge on any atom is -0.493 e. The molecule has 0 spiro atoms. The second-order valence-corrected chi connectivity index (χ2v) is 24.6. The number of anilines is 4. The lowest BCUT2D eigenvalue weighted by atomic mass is 9.86. The van der Waals surface area contributed by atoms with E-state index in [9.17, 15) is 19.5 Å². The second-order valence-electron chi connectivity index (χ2n) is 24.6. The number of hydrogen-bond acceptors (Lipinski definition) is 22. The largest absolute Gasteiger partial charge is 0.493 e. The van der Waals surface area contributed by atoms with Gasteiger partial charge in [0.25, 0.3) is 0 Å². The molecule has 2 amide bonds.